The van der Waals surface area contributed by atoms with Crippen molar-refractivity contribution in [3.63, 3.8) is 0 Å². The van der Waals surface area contributed by atoms with E-state index in [1.807, 2.05) is 0 Å². The van der Waals surface area contributed by atoms with Gasteiger partial charge in [0.25, 0.3) is 0 Å². The first kappa shape index (κ1) is 33.6. The Balaban J connectivity index is 2.34. The second-order valence-corrected chi connectivity index (χ2v) is 12.8. The molecule has 0 aliphatic rings. The molecule has 0 aliphatic carbocycles. The second kappa shape index (κ2) is 13.8. The van der Waals surface area contributed by atoms with Gasteiger partial charge < -0.3 is 14.9 Å². The normalized spacial score (nSPS) is 14.4. The number of rotatable bonds is 11. The van der Waals surface area contributed by atoms with Crippen molar-refractivity contribution in [2.24, 2.45) is 5.41 Å². The number of hydrogen-bond donors (Lipinski definition) is 2. The van der Waals surface area contributed by atoms with Crippen LogP contribution in [0.3, 0.4) is 0 Å². The number of carbonyl (C=O) groups is 2. The zero-order valence-corrected chi connectivity index (χ0v) is 24.1. The topological polar surface area (TPSA) is 102 Å². The van der Waals surface area contributed by atoms with Crippen molar-refractivity contribution in [2.75, 3.05) is 6.79 Å². The summed E-state index contributed by atoms with van der Waals surface area (Å²) in [6.45, 7) is 7.38. The van der Waals surface area contributed by atoms with E-state index in [0.717, 1.165) is 18.3 Å². The summed E-state index contributed by atoms with van der Waals surface area (Å²) in [4.78, 5) is 36.4. The Morgan fingerprint density at radius 3 is 2.48 bits per heavy atom. The molecule has 0 aliphatic heterocycles. The highest BCUT2D eigenvalue weighted by molar-refractivity contribution is 8.02. The molecule has 2 rings (SSSR count). The van der Waals surface area contributed by atoms with Crippen LogP contribution in [0.5, 0.6) is 0 Å². The molecule has 0 saturated carbocycles. The van der Waals surface area contributed by atoms with Crippen LogP contribution in [0, 0.1) is 11.2 Å². The van der Waals surface area contributed by atoms with E-state index in [4.69, 9.17) is 20.9 Å². The van der Waals surface area contributed by atoms with Gasteiger partial charge in [-0.3, -0.25) is 18.7 Å². The summed E-state index contributed by atoms with van der Waals surface area (Å²) in [6, 6.07) is 6.47. The number of halogens is 5. The van der Waals surface area contributed by atoms with Gasteiger partial charge in [-0.15, -0.1) is 0 Å². The zero-order valence-electron chi connectivity index (χ0n) is 21.6. The van der Waals surface area contributed by atoms with Gasteiger partial charge in [0.2, 0.25) is 12.7 Å². The van der Waals surface area contributed by atoms with Gasteiger partial charge in [-0.2, -0.15) is 13.2 Å². The van der Waals surface area contributed by atoms with Crippen LogP contribution < -0.4 is 5.32 Å². The number of nitrogens with one attached hydrogen (secondary N) is 1. The Kier molecular flexibility index (Phi) is 11.6. The van der Waals surface area contributed by atoms with E-state index in [1.54, 1.807) is 32.9 Å². The molecular weight excluding hydrogens is 597 g/mol. The smallest absolute Gasteiger partial charge is 0.416 e. The van der Waals surface area contributed by atoms with E-state index in [2.05, 4.69) is 11.9 Å². The predicted molar refractivity (Wildman–Crippen MR) is 145 cm³/mol. The van der Waals surface area contributed by atoms with Gasteiger partial charge in [0.1, 0.15) is 11.5 Å². The average Bonchev–Trinajstić information content (AvgIpc) is 2.82. The van der Waals surface area contributed by atoms with Crippen LogP contribution in [-0.4, -0.2) is 29.2 Å². The maximum absolute atomic E-state index is 13.7. The number of benzene rings is 2. The number of carbonyl (C=O) groups excluding carboxylic acids is 2. The Labute approximate surface area is 238 Å². The molecule has 0 bridgehead atoms. The van der Waals surface area contributed by atoms with Crippen molar-refractivity contribution in [3.8, 4) is 0 Å². The third-order valence-corrected chi connectivity index (χ3v) is 7.87. The summed E-state index contributed by atoms with van der Waals surface area (Å²) in [5.74, 6) is -2.92. The third kappa shape index (κ3) is 10.1. The summed E-state index contributed by atoms with van der Waals surface area (Å²) in [5.41, 5.74) is -3.76. The summed E-state index contributed by atoms with van der Waals surface area (Å²) in [7, 11) is -4.85. The van der Waals surface area contributed by atoms with E-state index in [1.165, 1.54) is 23.2 Å². The standard InChI is InChI=1S/C26H27ClF4NO6PS/c1-5-40-22-7-6-19(27)12-17(22)13-21(39(35,36)38-15-37-24(34)25(2,3)4)23(33)32-9-8-16-10-18(26(29,30)31)14-20(28)11-16/h5-12,14,21H,1,13,15H2,2-4H3,(H,32,33)(H,35,36)/b9-8+. The quantitative estimate of drug-likeness (QED) is 0.0899. The highest BCUT2D eigenvalue weighted by atomic mass is 35.5. The highest BCUT2D eigenvalue weighted by Crippen LogP contribution is 2.49. The Hall–Kier alpha value is -2.63. The molecule has 1 amide bonds. The maximum Gasteiger partial charge on any atom is 0.416 e. The fourth-order valence-corrected chi connectivity index (χ4v) is 5.12. The average molecular weight is 624 g/mol. The van der Waals surface area contributed by atoms with Crippen LogP contribution in [0.2, 0.25) is 5.02 Å². The first-order chi connectivity index (χ1) is 18.4. The molecule has 218 valence electrons. The summed E-state index contributed by atoms with van der Waals surface area (Å²) >= 11 is 7.26. The van der Waals surface area contributed by atoms with Crippen LogP contribution in [0.15, 0.2) is 59.5 Å². The van der Waals surface area contributed by atoms with Crippen molar-refractivity contribution < 1.29 is 45.9 Å². The molecule has 7 nitrogen and oxygen atoms in total. The lowest BCUT2D eigenvalue weighted by molar-refractivity contribution is -0.159. The molecule has 0 heterocycles. The number of ether oxygens (including phenoxy) is 1. The van der Waals surface area contributed by atoms with Gasteiger partial charge in [0.05, 0.1) is 11.0 Å². The van der Waals surface area contributed by atoms with Gasteiger partial charge in [-0.25, -0.2) is 4.39 Å². The lowest BCUT2D eigenvalue weighted by Crippen LogP contribution is -2.34. The highest BCUT2D eigenvalue weighted by Gasteiger charge is 2.40. The zero-order chi connectivity index (χ0) is 30.3. The SMILES string of the molecule is C=CSc1ccc(Cl)cc1CC(C(=O)N/C=C/c1cc(F)cc(C(F)(F)F)c1)P(=O)(O)OCOC(=O)C(C)(C)C. The van der Waals surface area contributed by atoms with Crippen LogP contribution in [0.1, 0.15) is 37.5 Å². The van der Waals surface area contributed by atoms with Crippen molar-refractivity contribution in [3.05, 3.63) is 82.1 Å². The van der Waals surface area contributed by atoms with Gasteiger partial charge >= 0.3 is 19.7 Å². The minimum atomic E-state index is -4.85. The van der Waals surface area contributed by atoms with E-state index < -0.39 is 54.9 Å². The molecule has 0 aromatic heterocycles. The van der Waals surface area contributed by atoms with Crippen molar-refractivity contribution in [1.82, 2.24) is 5.32 Å². The largest absolute Gasteiger partial charge is 0.438 e. The minimum absolute atomic E-state index is 0.221. The van der Waals surface area contributed by atoms with E-state index in [-0.39, 0.29) is 17.0 Å². The molecule has 2 aromatic carbocycles. The van der Waals surface area contributed by atoms with Crippen LogP contribution in [0.25, 0.3) is 6.08 Å². The van der Waals surface area contributed by atoms with E-state index in [9.17, 15) is 36.6 Å². The number of esters is 1. The Bertz CT molecular complexity index is 1330. The van der Waals surface area contributed by atoms with Crippen LogP contribution in [-0.2, 0) is 36.0 Å². The van der Waals surface area contributed by atoms with Gasteiger partial charge in [0, 0.05) is 16.1 Å². The molecule has 14 heteroatoms. The Morgan fingerprint density at radius 1 is 1.20 bits per heavy atom. The molecular formula is C26H27ClF4NO6PS. The first-order valence-corrected chi connectivity index (χ1v) is 14.4. The van der Waals surface area contributed by atoms with Gasteiger partial charge in [0.15, 0.2) is 0 Å². The van der Waals surface area contributed by atoms with Crippen molar-refractivity contribution in [2.45, 2.75) is 43.9 Å². The second-order valence-electron chi connectivity index (χ2n) is 9.36. The number of thioether (sulfide) groups is 1. The molecule has 2 unspecified atom stereocenters. The first-order valence-electron chi connectivity index (χ1n) is 11.5. The summed E-state index contributed by atoms with van der Waals surface area (Å²) in [5, 5.41) is 4.00. The molecule has 0 radical (unpaired) electrons. The molecule has 0 fully saturated rings. The lowest BCUT2D eigenvalue weighted by atomic mass is 9.98. The molecule has 2 N–H and O–H groups in total. The molecule has 2 atom stereocenters. The predicted octanol–water partition coefficient (Wildman–Crippen LogP) is 7.18. The third-order valence-electron chi connectivity index (χ3n) is 5.13. The maximum atomic E-state index is 13.7. The fourth-order valence-electron chi connectivity index (χ4n) is 3.13. The lowest BCUT2D eigenvalue weighted by Gasteiger charge is -2.23. The van der Waals surface area contributed by atoms with E-state index in [0.29, 0.717) is 22.6 Å². The summed E-state index contributed by atoms with van der Waals surface area (Å²) in [6.07, 6.45) is -3.27. The molecule has 0 saturated heterocycles. The number of hydrogen-bond acceptors (Lipinski definition) is 6. The van der Waals surface area contributed by atoms with Crippen molar-refractivity contribution >= 4 is 48.9 Å². The van der Waals surface area contributed by atoms with Crippen LogP contribution >= 0.6 is 31.0 Å². The fraction of sp³-hybridized carbons (Fsp3) is 0.308. The van der Waals surface area contributed by atoms with Crippen LogP contribution in [0.4, 0.5) is 17.6 Å². The number of amides is 1. The Morgan fingerprint density at radius 2 is 1.88 bits per heavy atom. The minimum Gasteiger partial charge on any atom is -0.438 e. The van der Waals surface area contributed by atoms with Gasteiger partial charge in [-0.05, 0) is 86.2 Å². The van der Waals surface area contributed by atoms with E-state index >= 15 is 0 Å². The molecule has 0 spiro atoms. The monoisotopic (exact) mass is 623 g/mol. The number of alkyl halides is 3. The molecule has 2 aromatic rings. The van der Waals surface area contributed by atoms with Crippen molar-refractivity contribution in [1.29, 1.82) is 0 Å². The molecule has 40 heavy (non-hydrogen) atoms. The van der Waals surface area contributed by atoms with Gasteiger partial charge in [-0.1, -0.05) is 29.9 Å². The summed E-state index contributed by atoms with van der Waals surface area (Å²) < 4.78 is 75.7.